The molecule has 2 amide bonds. The highest BCUT2D eigenvalue weighted by atomic mass is 35.5. The quantitative estimate of drug-likeness (QED) is 0.766. The minimum Gasteiger partial charge on any atom is -0.326 e. The summed E-state index contributed by atoms with van der Waals surface area (Å²) in [5, 5.41) is 5.83. The number of aryl methyl sites for hydroxylation is 1. The zero-order chi connectivity index (χ0) is 19.6. The van der Waals surface area contributed by atoms with Crippen LogP contribution in [-0.4, -0.2) is 31.7 Å². The first-order chi connectivity index (χ1) is 12.7. The Labute approximate surface area is 166 Å². The summed E-state index contributed by atoms with van der Waals surface area (Å²) in [4.78, 5) is 24.5. The van der Waals surface area contributed by atoms with Crippen molar-refractivity contribution in [2.75, 3.05) is 22.1 Å². The molecule has 0 fully saturated rings. The number of nitrogens with one attached hydrogen (secondary N) is 2. The molecule has 0 saturated heterocycles. The highest BCUT2D eigenvalue weighted by Gasteiger charge is 2.21. The van der Waals surface area contributed by atoms with E-state index in [0.717, 1.165) is 10.5 Å². The summed E-state index contributed by atoms with van der Waals surface area (Å²) >= 11 is 7.37. The van der Waals surface area contributed by atoms with Gasteiger partial charge in [0, 0.05) is 22.0 Å². The zero-order valence-electron chi connectivity index (χ0n) is 14.4. The molecule has 0 aromatic heterocycles. The molecule has 0 unspecified atom stereocenters. The number of rotatable bonds is 5. The van der Waals surface area contributed by atoms with Crippen molar-refractivity contribution in [2.24, 2.45) is 0 Å². The molecule has 0 spiro atoms. The Bertz CT molecular complexity index is 1020. The first-order valence-electron chi connectivity index (χ1n) is 8.10. The highest BCUT2D eigenvalue weighted by Crippen LogP contribution is 2.33. The largest absolute Gasteiger partial charge is 0.326 e. The third-order valence-corrected chi connectivity index (χ3v) is 7.19. The summed E-state index contributed by atoms with van der Waals surface area (Å²) in [5.74, 6) is -0.612. The fraction of sp³-hybridized carbons (Fsp3) is 0.222. The summed E-state index contributed by atoms with van der Waals surface area (Å²) < 4.78 is 25.1. The maximum absolute atomic E-state index is 12.5. The Hall–Kier alpha value is -2.03. The number of hydrogen-bond acceptors (Lipinski definition) is 5. The molecule has 1 aliphatic rings. The number of halogens is 1. The number of carbonyl (C=O) groups excluding carboxylic acids is 2. The van der Waals surface area contributed by atoms with Crippen LogP contribution in [0, 0.1) is 6.92 Å². The molecule has 6 nitrogen and oxygen atoms in total. The van der Waals surface area contributed by atoms with Crippen LogP contribution in [0.1, 0.15) is 12.0 Å². The number of amides is 2. The van der Waals surface area contributed by atoms with E-state index in [1.54, 1.807) is 24.3 Å². The monoisotopic (exact) mass is 424 g/mol. The molecule has 2 N–H and O–H groups in total. The fourth-order valence-electron chi connectivity index (χ4n) is 2.49. The number of fused-ring (bicyclic) bond motifs is 1. The summed E-state index contributed by atoms with van der Waals surface area (Å²) in [5.41, 5.74) is 1.88. The molecule has 9 heteroatoms. The number of hydrogen-bond donors (Lipinski definition) is 2. The number of anilines is 2. The zero-order valence-corrected chi connectivity index (χ0v) is 16.8. The van der Waals surface area contributed by atoms with Crippen molar-refractivity contribution in [1.82, 2.24) is 0 Å². The van der Waals surface area contributed by atoms with Crippen LogP contribution in [0.2, 0.25) is 5.02 Å². The lowest BCUT2D eigenvalue weighted by molar-refractivity contribution is -0.116. The molecule has 2 aromatic carbocycles. The van der Waals surface area contributed by atoms with Gasteiger partial charge in [-0.3, -0.25) is 9.59 Å². The van der Waals surface area contributed by atoms with Gasteiger partial charge in [0.05, 0.1) is 22.1 Å². The molecule has 0 atom stereocenters. The van der Waals surface area contributed by atoms with Crippen LogP contribution in [-0.2, 0) is 19.4 Å². The van der Waals surface area contributed by atoms with Crippen molar-refractivity contribution in [3.05, 3.63) is 47.0 Å². The predicted molar refractivity (Wildman–Crippen MR) is 107 cm³/mol. The lowest BCUT2D eigenvalue weighted by Crippen LogP contribution is -2.20. The smallest absolute Gasteiger partial charge is 0.234 e. The van der Waals surface area contributed by atoms with Gasteiger partial charge in [0.1, 0.15) is 0 Å². The molecule has 0 aliphatic carbocycles. The maximum Gasteiger partial charge on any atom is 0.234 e. The number of carbonyl (C=O) groups is 2. The molecule has 3 rings (SSSR count). The highest BCUT2D eigenvalue weighted by molar-refractivity contribution is 8.00. The van der Waals surface area contributed by atoms with Gasteiger partial charge in [0.2, 0.25) is 11.8 Å². The van der Waals surface area contributed by atoms with E-state index in [-0.39, 0.29) is 23.0 Å². The van der Waals surface area contributed by atoms with Crippen molar-refractivity contribution in [1.29, 1.82) is 0 Å². The van der Waals surface area contributed by atoms with E-state index >= 15 is 0 Å². The first kappa shape index (κ1) is 19.7. The van der Waals surface area contributed by atoms with Crippen LogP contribution in [0.3, 0.4) is 0 Å². The summed E-state index contributed by atoms with van der Waals surface area (Å²) in [6.45, 7) is 1.85. The van der Waals surface area contributed by atoms with Gasteiger partial charge in [-0.05, 0) is 42.8 Å². The van der Waals surface area contributed by atoms with Gasteiger partial charge < -0.3 is 10.6 Å². The molecule has 1 heterocycles. The Morgan fingerprint density at radius 2 is 2.04 bits per heavy atom. The van der Waals surface area contributed by atoms with Gasteiger partial charge in [-0.2, -0.15) is 0 Å². The standard InChI is InChI=1S/C18H17ClN2O4S2/c1-11-2-3-12(8-14(11)19)20-17(22)6-7-27(24,25)13-4-5-16-15(9-13)21-18(23)10-26-16/h2-5,8-9H,6-7,10H2,1H3,(H,20,22)(H,21,23). The van der Waals surface area contributed by atoms with E-state index in [4.69, 9.17) is 11.6 Å². The third-order valence-electron chi connectivity index (χ3n) is 4.00. The van der Waals surface area contributed by atoms with Gasteiger partial charge in [0.25, 0.3) is 0 Å². The van der Waals surface area contributed by atoms with Crippen LogP contribution in [0.5, 0.6) is 0 Å². The van der Waals surface area contributed by atoms with E-state index in [2.05, 4.69) is 10.6 Å². The molecule has 2 aromatic rings. The van der Waals surface area contributed by atoms with Crippen molar-refractivity contribution < 1.29 is 18.0 Å². The summed E-state index contributed by atoms with van der Waals surface area (Å²) in [6, 6.07) is 9.70. The SMILES string of the molecule is Cc1ccc(NC(=O)CCS(=O)(=O)c2ccc3c(c2)NC(=O)CS3)cc1Cl. The van der Waals surface area contributed by atoms with E-state index in [1.165, 1.54) is 23.9 Å². The van der Waals surface area contributed by atoms with Crippen LogP contribution in [0.15, 0.2) is 46.2 Å². The molecule has 27 heavy (non-hydrogen) atoms. The third kappa shape index (κ3) is 4.82. The van der Waals surface area contributed by atoms with Gasteiger partial charge >= 0.3 is 0 Å². The summed E-state index contributed by atoms with van der Waals surface area (Å²) in [7, 11) is -3.66. The number of sulfone groups is 1. The Balaban J connectivity index is 1.66. The lowest BCUT2D eigenvalue weighted by atomic mass is 10.2. The van der Waals surface area contributed by atoms with Crippen LogP contribution in [0.25, 0.3) is 0 Å². The van der Waals surface area contributed by atoms with Crippen LogP contribution in [0.4, 0.5) is 11.4 Å². The number of thioether (sulfide) groups is 1. The summed E-state index contributed by atoms with van der Waals surface area (Å²) in [6.07, 6.45) is -0.188. The van der Waals surface area contributed by atoms with Crippen LogP contribution >= 0.6 is 23.4 Å². The van der Waals surface area contributed by atoms with Gasteiger partial charge in [-0.15, -0.1) is 11.8 Å². The second-order valence-corrected chi connectivity index (χ2v) is 9.61. The van der Waals surface area contributed by atoms with Gasteiger partial charge in [-0.1, -0.05) is 17.7 Å². The Morgan fingerprint density at radius 3 is 2.78 bits per heavy atom. The normalized spacial score (nSPS) is 13.6. The van der Waals surface area contributed by atoms with Crippen molar-refractivity contribution in [2.45, 2.75) is 23.1 Å². The van der Waals surface area contributed by atoms with Crippen LogP contribution < -0.4 is 10.6 Å². The van der Waals surface area contributed by atoms with Gasteiger partial charge in [0.15, 0.2) is 9.84 Å². The van der Waals surface area contributed by atoms with Crippen molar-refractivity contribution in [3.63, 3.8) is 0 Å². The predicted octanol–water partition coefficient (Wildman–Crippen LogP) is 3.50. The minimum atomic E-state index is -3.66. The Morgan fingerprint density at radius 1 is 1.26 bits per heavy atom. The molecule has 0 bridgehead atoms. The number of benzene rings is 2. The second-order valence-electron chi connectivity index (χ2n) is 6.08. The molecular weight excluding hydrogens is 408 g/mol. The first-order valence-corrected chi connectivity index (χ1v) is 11.1. The minimum absolute atomic E-state index is 0.0789. The lowest BCUT2D eigenvalue weighted by Gasteiger charge is -2.17. The topological polar surface area (TPSA) is 92.3 Å². The molecular formula is C18H17ClN2O4S2. The van der Waals surface area contributed by atoms with Crippen molar-refractivity contribution >= 4 is 56.4 Å². The molecule has 1 aliphatic heterocycles. The molecule has 0 radical (unpaired) electrons. The average molecular weight is 425 g/mol. The van der Waals surface area contributed by atoms with Crippen molar-refractivity contribution in [3.8, 4) is 0 Å². The van der Waals surface area contributed by atoms with Gasteiger partial charge in [-0.25, -0.2) is 8.42 Å². The van der Waals surface area contributed by atoms with E-state index < -0.39 is 15.7 Å². The molecule has 0 saturated carbocycles. The fourth-order valence-corrected chi connectivity index (χ4v) is 4.73. The molecule has 142 valence electrons. The Kier molecular flexibility index (Phi) is 5.78. The van der Waals surface area contributed by atoms with E-state index in [1.807, 2.05) is 6.92 Å². The van der Waals surface area contributed by atoms with E-state index in [0.29, 0.717) is 22.2 Å². The second kappa shape index (κ2) is 7.92. The maximum atomic E-state index is 12.5. The van der Waals surface area contributed by atoms with E-state index in [9.17, 15) is 18.0 Å². The average Bonchev–Trinajstić information content (AvgIpc) is 2.62.